The van der Waals surface area contributed by atoms with Crippen molar-refractivity contribution in [1.82, 2.24) is 10.2 Å². The summed E-state index contributed by atoms with van der Waals surface area (Å²) in [5.74, 6) is -0.289. The average Bonchev–Trinajstić information content (AvgIpc) is 2.84. The maximum Gasteiger partial charge on any atom is 0.250 e. The van der Waals surface area contributed by atoms with Crippen molar-refractivity contribution in [2.24, 2.45) is 0 Å². The molecule has 0 saturated heterocycles. The van der Waals surface area contributed by atoms with Gasteiger partial charge in [0.1, 0.15) is 0 Å². The van der Waals surface area contributed by atoms with E-state index in [2.05, 4.69) is 29.4 Å². The molecule has 1 heterocycles. The first-order chi connectivity index (χ1) is 10.4. The monoisotopic (exact) mass is 373 g/mol. The van der Waals surface area contributed by atoms with Gasteiger partial charge in [0.15, 0.2) is 4.34 Å². The molecule has 0 unspecified atom stereocenters. The number of halogens is 2. The van der Waals surface area contributed by atoms with Gasteiger partial charge in [-0.1, -0.05) is 66.2 Å². The lowest BCUT2D eigenvalue weighted by atomic mass is 10.2. The molecule has 0 spiro atoms. The molecule has 0 aliphatic carbocycles. The molecule has 116 valence electrons. The number of nitrogens with one attached hydrogen (secondary N) is 1. The molecule has 8 heteroatoms. The Morgan fingerprint density at radius 1 is 1.36 bits per heavy atom. The highest BCUT2D eigenvalue weighted by molar-refractivity contribution is 8.01. The Kier molecular flexibility index (Phi) is 6.26. The minimum atomic E-state index is -0.289. The van der Waals surface area contributed by atoms with Gasteiger partial charge in [-0.3, -0.25) is 10.1 Å². The van der Waals surface area contributed by atoms with E-state index >= 15 is 0 Å². The maximum atomic E-state index is 11.9. The first-order valence-electron chi connectivity index (χ1n) is 6.38. The van der Waals surface area contributed by atoms with Gasteiger partial charge in [0, 0.05) is 21.4 Å². The Morgan fingerprint density at radius 3 is 2.82 bits per heavy atom. The smallest absolute Gasteiger partial charge is 0.250 e. The minimum Gasteiger partial charge on any atom is -0.297 e. The molecule has 0 saturated carbocycles. The predicted molar refractivity (Wildman–Crippen MR) is 95.0 cm³/mol. The zero-order chi connectivity index (χ0) is 16.1. The number of carbonyl (C=O) groups is 1. The topological polar surface area (TPSA) is 54.9 Å². The van der Waals surface area contributed by atoms with E-state index in [4.69, 9.17) is 23.2 Å². The van der Waals surface area contributed by atoms with Gasteiger partial charge in [-0.15, -0.1) is 10.2 Å². The Hall–Kier alpha value is -1.08. The van der Waals surface area contributed by atoms with Gasteiger partial charge in [-0.05, 0) is 23.8 Å². The van der Waals surface area contributed by atoms with Crippen molar-refractivity contribution < 1.29 is 4.79 Å². The van der Waals surface area contributed by atoms with Crippen LogP contribution in [0.25, 0.3) is 6.08 Å². The van der Waals surface area contributed by atoms with Crippen LogP contribution in [0.3, 0.4) is 0 Å². The van der Waals surface area contributed by atoms with Crippen LogP contribution >= 0.6 is 46.3 Å². The standard InChI is InChI=1S/C14H13Cl2N3OS2/c1-8(2)21-14-19-18-13(22-14)17-12(20)6-4-9-3-5-10(15)7-11(9)16/h3-8H,1-2H3,(H,17,18,20)/b6-4+. The normalized spacial score (nSPS) is 11.3. The summed E-state index contributed by atoms with van der Waals surface area (Å²) < 4.78 is 0.829. The molecule has 0 aliphatic heterocycles. The van der Waals surface area contributed by atoms with Crippen LogP contribution in [0.2, 0.25) is 10.0 Å². The number of nitrogens with zero attached hydrogens (tertiary/aromatic N) is 2. The number of carbonyl (C=O) groups excluding carboxylic acids is 1. The molecule has 1 aromatic carbocycles. The van der Waals surface area contributed by atoms with Crippen LogP contribution in [0.1, 0.15) is 19.4 Å². The van der Waals surface area contributed by atoms with Gasteiger partial charge in [0.05, 0.1) is 0 Å². The lowest BCUT2D eigenvalue weighted by Gasteiger charge is -1.99. The second kappa shape index (κ2) is 7.97. The lowest BCUT2D eigenvalue weighted by Crippen LogP contribution is -2.07. The quantitative estimate of drug-likeness (QED) is 0.455. The van der Waals surface area contributed by atoms with Crippen molar-refractivity contribution in [3.05, 3.63) is 39.9 Å². The summed E-state index contributed by atoms with van der Waals surface area (Å²) >= 11 is 14.8. The van der Waals surface area contributed by atoms with Crippen LogP contribution in [0.5, 0.6) is 0 Å². The maximum absolute atomic E-state index is 11.9. The lowest BCUT2D eigenvalue weighted by molar-refractivity contribution is -0.111. The van der Waals surface area contributed by atoms with E-state index in [-0.39, 0.29) is 5.91 Å². The molecule has 1 amide bonds. The van der Waals surface area contributed by atoms with Crippen LogP contribution in [-0.2, 0) is 4.79 Å². The van der Waals surface area contributed by atoms with Gasteiger partial charge in [-0.25, -0.2) is 0 Å². The number of benzene rings is 1. The molecular formula is C14H13Cl2N3OS2. The average molecular weight is 374 g/mol. The van der Waals surface area contributed by atoms with Crippen LogP contribution in [0, 0.1) is 0 Å². The van der Waals surface area contributed by atoms with Gasteiger partial charge >= 0.3 is 0 Å². The van der Waals surface area contributed by atoms with Crippen LogP contribution < -0.4 is 5.32 Å². The number of rotatable bonds is 5. The fourth-order valence-electron chi connectivity index (χ4n) is 1.46. The Morgan fingerprint density at radius 2 is 2.14 bits per heavy atom. The van der Waals surface area contributed by atoms with E-state index in [1.54, 1.807) is 36.0 Å². The molecule has 0 fully saturated rings. The number of hydrogen-bond acceptors (Lipinski definition) is 5. The number of amides is 1. The fraction of sp³-hybridized carbons (Fsp3) is 0.214. The van der Waals surface area contributed by atoms with E-state index in [9.17, 15) is 4.79 Å². The summed E-state index contributed by atoms with van der Waals surface area (Å²) in [5.41, 5.74) is 0.717. The summed E-state index contributed by atoms with van der Waals surface area (Å²) in [6.45, 7) is 4.14. The largest absolute Gasteiger partial charge is 0.297 e. The van der Waals surface area contributed by atoms with Crippen molar-refractivity contribution in [3.8, 4) is 0 Å². The minimum absolute atomic E-state index is 0.289. The van der Waals surface area contributed by atoms with E-state index in [0.717, 1.165) is 9.90 Å². The van der Waals surface area contributed by atoms with Crippen LogP contribution in [-0.4, -0.2) is 21.4 Å². The third-order valence-corrected chi connectivity index (χ3v) is 4.84. The van der Waals surface area contributed by atoms with Gasteiger partial charge in [0.25, 0.3) is 0 Å². The summed E-state index contributed by atoms with van der Waals surface area (Å²) in [5, 5.41) is 12.5. The molecule has 0 aliphatic rings. The summed E-state index contributed by atoms with van der Waals surface area (Å²) in [6, 6.07) is 5.09. The van der Waals surface area contributed by atoms with Crippen molar-refractivity contribution in [1.29, 1.82) is 0 Å². The number of aromatic nitrogens is 2. The highest BCUT2D eigenvalue weighted by Gasteiger charge is 2.08. The van der Waals surface area contributed by atoms with E-state index in [1.807, 2.05) is 0 Å². The zero-order valence-electron chi connectivity index (χ0n) is 11.8. The highest BCUT2D eigenvalue weighted by Crippen LogP contribution is 2.28. The van der Waals surface area contributed by atoms with Crippen LogP contribution in [0.4, 0.5) is 5.13 Å². The molecule has 0 atom stereocenters. The second-order valence-electron chi connectivity index (χ2n) is 4.53. The molecule has 1 aromatic heterocycles. The number of anilines is 1. The Bertz CT molecular complexity index is 701. The number of thioether (sulfide) groups is 1. The third kappa shape index (κ3) is 5.28. The SMILES string of the molecule is CC(C)Sc1nnc(NC(=O)/C=C/c2ccc(Cl)cc2Cl)s1. The van der Waals surface area contributed by atoms with E-state index in [1.165, 1.54) is 17.4 Å². The molecule has 0 radical (unpaired) electrons. The van der Waals surface area contributed by atoms with Crippen molar-refractivity contribution in [2.75, 3.05) is 5.32 Å². The van der Waals surface area contributed by atoms with Crippen molar-refractivity contribution in [2.45, 2.75) is 23.4 Å². The van der Waals surface area contributed by atoms with E-state index < -0.39 is 0 Å². The number of hydrogen-bond donors (Lipinski definition) is 1. The Labute approximate surface area is 146 Å². The van der Waals surface area contributed by atoms with Gasteiger partial charge < -0.3 is 0 Å². The Balaban J connectivity index is 1.97. The molecule has 2 rings (SSSR count). The summed E-state index contributed by atoms with van der Waals surface area (Å²) in [6.07, 6.45) is 3.02. The predicted octanol–water partition coefficient (Wildman–Crippen LogP) is 5.00. The first kappa shape index (κ1) is 17.3. The van der Waals surface area contributed by atoms with Crippen molar-refractivity contribution >= 4 is 63.4 Å². The highest BCUT2D eigenvalue weighted by atomic mass is 35.5. The molecule has 1 N–H and O–H groups in total. The van der Waals surface area contributed by atoms with E-state index in [0.29, 0.717) is 20.4 Å². The third-order valence-electron chi connectivity index (χ3n) is 2.35. The first-order valence-corrected chi connectivity index (χ1v) is 8.83. The molecular weight excluding hydrogens is 361 g/mol. The summed E-state index contributed by atoms with van der Waals surface area (Å²) in [7, 11) is 0. The fourth-order valence-corrected chi connectivity index (χ4v) is 3.91. The molecule has 22 heavy (non-hydrogen) atoms. The van der Waals surface area contributed by atoms with Crippen molar-refractivity contribution in [3.63, 3.8) is 0 Å². The molecule has 0 bridgehead atoms. The second-order valence-corrected chi connectivity index (χ2v) is 8.17. The summed E-state index contributed by atoms with van der Waals surface area (Å²) in [4.78, 5) is 11.9. The zero-order valence-corrected chi connectivity index (χ0v) is 15.0. The van der Waals surface area contributed by atoms with Crippen LogP contribution in [0.15, 0.2) is 28.6 Å². The van der Waals surface area contributed by atoms with Gasteiger partial charge in [-0.2, -0.15) is 0 Å². The molecule has 2 aromatic rings. The molecule has 4 nitrogen and oxygen atoms in total. The van der Waals surface area contributed by atoms with Gasteiger partial charge in [0.2, 0.25) is 11.0 Å².